The molecule has 0 saturated carbocycles. The van der Waals surface area contributed by atoms with Crippen molar-refractivity contribution < 1.29 is 28.5 Å². The molecule has 0 aliphatic carbocycles. The van der Waals surface area contributed by atoms with Crippen LogP contribution in [0.2, 0.25) is 0 Å². The Hall–Kier alpha value is -3.74. The van der Waals surface area contributed by atoms with E-state index >= 15 is 0 Å². The molecule has 2 aromatic carbocycles. The topological polar surface area (TPSA) is 83.1 Å². The smallest absolute Gasteiger partial charge is 0.434 e. The van der Waals surface area contributed by atoms with Gasteiger partial charge in [0.25, 0.3) is 0 Å². The van der Waals surface area contributed by atoms with Gasteiger partial charge in [-0.2, -0.15) is 0 Å². The molecule has 0 spiro atoms. The highest BCUT2D eigenvalue weighted by Crippen LogP contribution is 2.44. The second kappa shape index (κ2) is 11.2. The van der Waals surface area contributed by atoms with E-state index in [4.69, 9.17) is 18.9 Å². The van der Waals surface area contributed by atoms with Crippen molar-refractivity contribution in [2.75, 3.05) is 13.2 Å². The van der Waals surface area contributed by atoms with Gasteiger partial charge in [0.2, 0.25) is 0 Å². The van der Waals surface area contributed by atoms with Crippen molar-refractivity contribution in [1.29, 1.82) is 0 Å². The number of carbonyl (C=O) groups excluding carboxylic acids is 2. The molecule has 7 nitrogen and oxygen atoms in total. The van der Waals surface area contributed by atoms with Gasteiger partial charge in [-0.05, 0) is 38.8 Å². The molecule has 2 aromatic rings. The Kier molecular flexibility index (Phi) is 8.13. The van der Waals surface area contributed by atoms with Gasteiger partial charge in [0.05, 0.1) is 30.5 Å². The highest BCUT2D eigenvalue weighted by atomic mass is 16.7. The van der Waals surface area contributed by atoms with Crippen LogP contribution in [-0.4, -0.2) is 25.5 Å². The number of hydrogen-bond donors (Lipinski definition) is 1. The van der Waals surface area contributed by atoms with Crippen molar-refractivity contribution >= 4 is 12.3 Å². The minimum Gasteiger partial charge on any atom is -0.434 e. The van der Waals surface area contributed by atoms with Crippen molar-refractivity contribution in [2.24, 2.45) is 5.92 Å². The quantitative estimate of drug-likeness (QED) is 0.529. The zero-order valence-electron chi connectivity index (χ0n) is 19.3. The van der Waals surface area contributed by atoms with Gasteiger partial charge in [-0.15, -0.1) is 0 Å². The number of dihydropyridines is 1. The van der Waals surface area contributed by atoms with Crippen molar-refractivity contribution in [3.8, 4) is 0 Å². The maximum atomic E-state index is 12.4. The lowest BCUT2D eigenvalue weighted by Crippen LogP contribution is -2.34. The summed E-state index contributed by atoms with van der Waals surface area (Å²) in [5.41, 5.74) is 3.18. The molecule has 1 heterocycles. The summed E-state index contributed by atoms with van der Waals surface area (Å²) in [4.78, 5) is 24.7. The highest BCUT2D eigenvalue weighted by molar-refractivity contribution is 5.64. The third-order valence-electron chi connectivity index (χ3n) is 5.24. The van der Waals surface area contributed by atoms with Gasteiger partial charge in [0.1, 0.15) is 11.5 Å². The highest BCUT2D eigenvalue weighted by Gasteiger charge is 2.41. The molecule has 0 unspecified atom stereocenters. The molecule has 1 aliphatic heterocycles. The fourth-order valence-corrected chi connectivity index (χ4v) is 3.95. The van der Waals surface area contributed by atoms with E-state index in [1.54, 1.807) is 27.7 Å². The molecule has 0 bridgehead atoms. The van der Waals surface area contributed by atoms with E-state index < -0.39 is 18.2 Å². The normalized spacial score (nSPS) is 14.1. The predicted molar refractivity (Wildman–Crippen MR) is 123 cm³/mol. The Labute approximate surface area is 194 Å². The largest absolute Gasteiger partial charge is 0.513 e. The van der Waals surface area contributed by atoms with Crippen LogP contribution in [0.3, 0.4) is 0 Å². The fourth-order valence-electron chi connectivity index (χ4n) is 3.95. The van der Waals surface area contributed by atoms with E-state index in [-0.39, 0.29) is 19.1 Å². The van der Waals surface area contributed by atoms with E-state index in [0.717, 1.165) is 11.1 Å². The number of rotatable bonds is 7. The summed E-state index contributed by atoms with van der Waals surface area (Å²) < 4.78 is 21.5. The van der Waals surface area contributed by atoms with E-state index in [2.05, 4.69) is 5.32 Å². The predicted octanol–water partition coefficient (Wildman–Crippen LogP) is 5.85. The van der Waals surface area contributed by atoms with Crippen LogP contribution in [0.1, 0.15) is 44.7 Å². The standard InChI is InChI=1S/C26H29NO6/c1-5-30-25(28)32-23-17(3)27-18(4)24(33-26(29)31-6-2)22(23)21(19-13-9-7-10-14-19)20-15-11-8-12-16-20/h7-16,21-22,27H,5-6H2,1-4H3. The first-order valence-corrected chi connectivity index (χ1v) is 10.9. The average molecular weight is 452 g/mol. The molecular weight excluding hydrogens is 422 g/mol. The van der Waals surface area contributed by atoms with Crippen molar-refractivity contribution in [1.82, 2.24) is 5.32 Å². The number of ether oxygens (including phenoxy) is 4. The Morgan fingerprint density at radius 2 is 1.15 bits per heavy atom. The van der Waals surface area contributed by atoms with E-state index in [0.29, 0.717) is 22.9 Å². The number of allylic oxidation sites excluding steroid dienone is 2. The number of carbonyl (C=O) groups is 2. The molecule has 0 aromatic heterocycles. The second-order valence-electron chi connectivity index (χ2n) is 7.45. The summed E-state index contributed by atoms with van der Waals surface area (Å²) in [7, 11) is 0. The van der Waals surface area contributed by atoms with Crippen LogP contribution in [0, 0.1) is 5.92 Å². The summed E-state index contributed by atoms with van der Waals surface area (Å²) >= 11 is 0. The van der Waals surface area contributed by atoms with Gasteiger partial charge >= 0.3 is 12.3 Å². The van der Waals surface area contributed by atoms with Crippen LogP contribution < -0.4 is 5.32 Å². The molecule has 3 rings (SSSR count). The third-order valence-corrected chi connectivity index (χ3v) is 5.24. The maximum Gasteiger partial charge on any atom is 0.513 e. The van der Waals surface area contributed by atoms with Crippen LogP contribution in [0.4, 0.5) is 9.59 Å². The first kappa shape index (κ1) is 23.9. The van der Waals surface area contributed by atoms with E-state index in [1.165, 1.54) is 0 Å². The summed E-state index contributed by atoms with van der Waals surface area (Å²) in [5, 5.41) is 3.16. The molecule has 33 heavy (non-hydrogen) atoms. The molecule has 1 N–H and O–H groups in total. The zero-order chi connectivity index (χ0) is 23.8. The monoisotopic (exact) mass is 451 g/mol. The molecule has 0 saturated heterocycles. The SMILES string of the molecule is CCOC(=O)OC1=C(C)NC(C)=C(OC(=O)OCC)C1C(c1ccccc1)c1ccccc1. The van der Waals surface area contributed by atoms with Crippen LogP contribution >= 0.6 is 0 Å². The summed E-state index contributed by atoms with van der Waals surface area (Å²) in [6.45, 7) is 7.36. The van der Waals surface area contributed by atoms with Crippen LogP contribution in [0.15, 0.2) is 83.6 Å². The van der Waals surface area contributed by atoms with Crippen molar-refractivity contribution in [2.45, 2.75) is 33.6 Å². The minimum atomic E-state index is -0.825. The lowest BCUT2D eigenvalue weighted by Gasteiger charge is -2.35. The summed E-state index contributed by atoms with van der Waals surface area (Å²) in [5.74, 6) is -0.328. The van der Waals surface area contributed by atoms with Crippen LogP contribution in [0.25, 0.3) is 0 Å². The lowest BCUT2D eigenvalue weighted by molar-refractivity contribution is 0.0566. The Morgan fingerprint density at radius 1 is 0.758 bits per heavy atom. The number of nitrogens with one attached hydrogen (secondary N) is 1. The van der Waals surface area contributed by atoms with Crippen molar-refractivity contribution in [3.63, 3.8) is 0 Å². The Bertz CT molecular complexity index is 948. The number of benzene rings is 2. The van der Waals surface area contributed by atoms with Gasteiger partial charge in [-0.1, -0.05) is 60.7 Å². The zero-order valence-corrected chi connectivity index (χ0v) is 19.3. The molecule has 0 atom stereocenters. The minimum absolute atomic E-state index is 0.172. The molecule has 174 valence electrons. The Balaban J connectivity index is 2.18. The van der Waals surface area contributed by atoms with Crippen molar-refractivity contribution in [3.05, 3.63) is 94.7 Å². The molecule has 7 heteroatoms. The maximum absolute atomic E-state index is 12.4. The first-order valence-electron chi connectivity index (χ1n) is 10.9. The van der Waals surface area contributed by atoms with Gasteiger partial charge in [-0.25, -0.2) is 9.59 Å². The Morgan fingerprint density at radius 3 is 1.52 bits per heavy atom. The summed E-state index contributed by atoms with van der Waals surface area (Å²) in [6, 6.07) is 19.6. The molecule has 0 amide bonds. The molecular formula is C26H29NO6. The molecule has 0 fully saturated rings. The third kappa shape index (κ3) is 5.74. The first-order chi connectivity index (χ1) is 16.0. The average Bonchev–Trinajstić information content (AvgIpc) is 2.80. The fraction of sp³-hybridized carbons (Fsp3) is 0.308. The van der Waals surface area contributed by atoms with E-state index in [9.17, 15) is 9.59 Å². The van der Waals surface area contributed by atoms with Gasteiger partial charge in [0.15, 0.2) is 0 Å². The van der Waals surface area contributed by atoms with E-state index in [1.807, 2.05) is 60.7 Å². The van der Waals surface area contributed by atoms with Crippen LogP contribution in [-0.2, 0) is 18.9 Å². The van der Waals surface area contributed by atoms with Gasteiger partial charge in [-0.3, -0.25) is 0 Å². The lowest BCUT2D eigenvalue weighted by atomic mass is 9.77. The molecule has 0 radical (unpaired) electrons. The second-order valence-corrected chi connectivity index (χ2v) is 7.45. The van der Waals surface area contributed by atoms with Crippen LogP contribution in [0.5, 0.6) is 0 Å². The number of hydrogen-bond acceptors (Lipinski definition) is 7. The molecule has 1 aliphatic rings. The van der Waals surface area contributed by atoms with Gasteiger partial charge in [0, 0.05) is 5.92 Å². The summed E-state index contributed by atoms with van der Waals surface area (Å²) in [6.07, 6.45) is -1.65. The van der Waals surface area contributed by atoms with Gasteiger partial charge < -0.3 is 24.3 Å².